The molecule has 2 heteroatoms. The van der Waals surface area contributed by atoms with Crippen LogP contribution in [-0.4, -0.2) is 29.8 Å². The molecule has 0 aromatic heterocycles. The highest BCUT2D eigenvalue weighted by Gasteiger charge is 2.35. The third kappa shape index (κ3) is 1.53. The van der Waals surface area contributed by atoms with Crippen LogP contribution in [0.2, 0.25) is 0 Å². The van der Waals surface area contributed by atoms with E-state index in [1.165, 1.54) is 12.8 Å². The highest BCUT2D eigenvalue weighted by atomic mass is 16.1. The van der Waals surface area contributed by atoms with E-state index in [0.29, 0.717) is 0 Å². The lowest BCUT2D eigenvalue weighted by Gasteiger charge is -2.42. The number of piperidine rings is 1. The summed E-state index contributed by atoms with van der Waals surface area (Å²) in [7, 11) is 0. The summed E-state index contributed by atoms with van der Waals surface area (Å²) in [6.07, 6.45) is 5.65. The zero-order chi connectivity index (χ0) is 9.03. The molecule has 1 fully saturated rings. The minimum Gasteiger partial charge on any atom is -0.301 e. The highest BCUT2D eigenvalue weighted by Crippen LogP contribution is 2.28. The van der Waals surface area contributed by atoms with Gasteiger partial charge in [-0.1, -0.05) is 13.8 Å². The van der Waals surface area contributed by atoms with Crippen molar-refractivity contribution in [2.45, 2.75) is 45.1 Å². The molecule has 1 atom stereocenters. The Morgan fingerprint density at radius 3 is 2.58 bits per heavy atom. The van der Waals surface area contributed by atoms with Gasteiger partial charge < -0.3 is 4.79 Å². The molecular weight excluding hydrogens is 150 g/mol. The van der Waals surface area contributed by atoms with E-state index in [4.69, 9.17) is 0 Å². The summed E-state index contributed by atoms with van der Waals surface area (Å²) in [6, 6.07) is 0. The largest absolute Gasteiger partial charge is 0.301 e. The first kappa shape index (κ1) is 9.72. The van der Waals surface area contributed by atoms with Crippen LogP contribution in [0.3, 0.4) is 0 Å². The lowest BCUT2D eigenvalue weighted by atomic mass is 9.85. The topological polar surface area (TPSA) is 20.3 Å². The number of hydrogen-bond acceptors (Lipinski definition) is 2. The smallest absolute Gasteiger partial charge is 0.140 e. The van der Waals surface area contributed by atoms with Gasteiger partial charge in [0.05, 0.1) is 5.54 Å². The van der Waals surface area contributed by atoms with Crippen LogP contribution >= 0.6 is 0 Å². The molecule has 0 N–H and O–H groups in total. The molecule has 0 aliphatic carbocycles. The van der Waals surface area contributed by atoms with Crippen LogP contribution in [0.5, 0.6) is 0 Å². The molecule has 1 heterocycles. The van der Waals surface area contributed by atoms with Crippen molar-refractivity contribution < 1.29 is 4.79 Å². The fourth-order valence-corrected chi connectivity index (χ4v) is 2.20. The zero-order valence-corrected chi connectivity index (χ0v) is 8.18. The number of likely N-dealkylation sites (N-methyl/N-ethyl adjacent to an activating group) is 1. The molecule has 1 aliphatic heterocycles. The number of hydrogen-bond donors (Lipinski definition) is 0. The van der Waals surface area contributed by atoms with E-state index >= 15 is 0 Å². The molecule has 0 spiro atoms. The Labute approximate surface area is 74.9 Å². The summed E-state index contributed by atoms with van der Waals surface area (Å²) in [6.45, 7) is 6.36. The molecule has 0 aromatic rings. The molecule has 0 aromatic carbocycles. The first-order valence-electron chi connectivity index (χ1n) is 5.00. The van der Waals surface area contributed by atoms with Crippen LogP contribution in [0.4, 0.5) is 0 Å². The normalized spacial score (nSPS) is 31.8. The van der Waals surface area contributed by atoms with E-state index in [1.54, 1.807) is 0 Å². The third-order valence-electron chi connectivity index (χ3n) is 3.13. The Balaban J connectivity index is 2.72. The number of aldehydes is 1. The van der Waals surface area contributed by atoms with Crippen molar-refractivity contribution in [3.8, 4) is 0 Å². The molecular formula is C10H19NO. The maximum atomic E-state index is 11.0. The summed E-state index contributed by atoms with van der Waals surface area (Å²) in [5.41, 5.74) is -0.118. The van der Waals surface area contributed by atoms with Gasteiger partial charge in [0, 0.05) is 0 Å². The van der Waals surface area contributed by atoms with Crippen molar-refractivity contribution >= 4 is 6.29 Å². The van der Waals surface area contributed by atoms with Gasteiger partial charge in [0.15, 0.2) is 0 Å². The van der Waals surface area contributed by atoms with E-state index in [9.17, 15) is 4.79 Å². The van der Waals surface area contributed by atoms with Gasteiger partial charge in [-0.05, 0) is 38.8 Å². The summed E-state index contributed by atoms with van der Waals surface area (Å²) in [5, 5.41) is 0. The number of nitrogens with zero attached hydrogens (tertiary/aromatic N) is 1. The minimum absolute atomic E-state index is 0.118. The summed E-state index contributed by atoms with van der Waals surface area (Å²) in [4.78, 5) is 13.4. The average molecular weight is 169 g/mol. The number of carbonyl (C=O) groups excluding carboxylic acids is 1. The number of carbonyl (C=O) groups is 1. The van der Waals surface area contributed by atoms with Crippen LogP contribution in [-0.2, 0) is 4.79 Å². The Bertz CT molecular complexity index is 158. The van der Waals surface area contributed by atoms with Crippen LogP contribution in [0.25, 0.3) is 0 Å². The Hall–Kier alpha value is -0.370. The second kappa shape index (κ2) is 4.04. The van der Waals surface area contributed by atoms with Gasteiger partial charge in [-0.15, -0.1) is 0 Å². The zero-order valence-electron chi connectivity index (χ0n) is 8.18. The molecule has 1 aliphatic rings. The predicted molar refractivity (Wildman–Crippen MR) is 50.2 cm³/mol. The maximum absolute atomic E-state index is 11.0. The van der Waals surface area contributed by atoms with Crippen molar-refractivity contribution in [1.82, 2.24) is 4.90 Å². The first-order chi connectivity index (χ1) is 5.79. The van der Waals surface area contributed by atoms with Crippen molar-refractivity contribution in [1.29, 1.82) is 0 Å². The van der Waals surface area contributed by atoms with Crippen molar-refractivity contribution in [2.24, 2.45) is 0 Å². The standard InChI is InChI=1S/C10H19NO/c1-3-10(9-12)7-5-6-8-11(10)4-2/h9H,3-8H2,1-2H3. The lowest BCUT2D eigenvalue weighted by molar-refractivity contribution is -0.121. The number of likely N-dealkylation sites (tertiary alicyclic amines) is 1. The molecule has 2 nitrogen and oxygen atoms in total. The van der Waals surface area contributed by atoms with Crippen LogP contribution in [0.1, 0.15) is 39.5 Å². The summed E-state index contributed by atoms with van der Waals surface area (Å²) >= 11 is 0. The average Bonchev–Trinajstić information content (AvgIpc) is 2.17. The first-order valence-corrected chi connectivity index (χ1v) is 5.00. The Kier molecular flexibility index (Phi) is 3.27. The second-order valence-electron chi connectivity index (χ2n) is 3.61. The Morgan fingerprint density at radius 1 is 1.42 bits per heavy atom. The fourth-order valence-electron chi connectivity index (χ4n) is 2.20. The van der Waals surface area contributed by atoms with Crippen molar-refractivity contribution in [2.75, 3.05) is 13.1 Å². The van der Waals surface area contributed by atoms with Gasteiger partial charge in [-0.3, -0.25) is 4.90 Å². The molecule has 0 radical (unpaired) electrons. The number of rotatable bonds is 3. The molecule has 70 valence electrons. The monoisotopic (exact) mass is 169 g/mol. The molecule has 1 unspecified atom stereocenters. The molecule has 12 heavy (non-hydrogen) atoms. The molecule has 0 amide bonds. The third-order valence-corrected chi connectivity index (χ3v) is 3.13. The lowest BCUT2D eigenvalue weighted by Crippen LogP contribution is -2.52. The van der Waals surface area contributed by atoms with Gasteiger partial charge in [-0.25, -0.2) is 0 Å². The van der Waals surface area contributed by atoms with E-state index in [0.717, 1.165) is 32.2 Å². The summed E-state index contributed by atoms with van der Waals surface area (Å²) < 4.78 is 0. The van der Waals surface area contributed by atoms with E-state index in [2.05, 4.69) is 18.7 Å². The van der Waals surface area contributed by atoms with E-state index < -0.39 is 0 Å². The fraction of sp³-hybridized carbons (Fsp3) is 0.900. The van der Waals surface area contributed by atoms with Crippen molar-refractivity contribution in [3.63, 3.8) is 0 Å². The maximum Gasteiger partial charge on any atom is 0.140 e. The minimum atomic E-state index is -0.118. The molecule has 1 saturated heterocycles. The van der Waals surface area contributed by atoms with Crippen LogP contribution in [0, 0.1) is 0 Å². The second-order valence-corrected chi connectivity index (χ2v) is 3.61. The van der Waals surface area contributed by atoms with Crippen LogP contribution in [0.15, 0.2) is 0 Å². The van der Waals surface area contributed by atoms with E-state index in [1.807, 2.05) is 0 Å². The van der Waals surface area contributed by atoms with E-state index in [-0.39, 0.29) is 5.54 Å². The predicted octanol–water partition coefficient (Wildman–Crippen LogP) is 1.84. The SMILES string of the molecule is CCN1CCCCC1(C=O)CC. The quantitative estimate of drug-likeness (QED) is 0.601. The van der Waals surface area contributed by atoms with Gasteiger partial charge in [0.2, 0.25) is 0 Å². The summed E-state index contributed by atoms with van der Waals surface area (Å²) in [5.74, 6) is 0. The molecule has 0 bridgehead atoms. The van der Waals surface area contributed by atoms with Gasteiger partial charge >= 0.3 is 0 Å². The van der Waals surface area contributed by atoms with Gasteiger partial charge in [0.1, 0.15) is 6.29 Å². The van der Waals surface area contributed by atoms with Gasteiger partial charge in [-0.2, -0.15) is 0 Å². The highest BCUT2D eigenvalue weighted by molar-refractivity contribution is 5.64. The van der Waals surface area contributed by atoms with Crippen molar-refractivity contribution in [3.05, 3.63) is 0 Å². The van der Waals surface area contributed by atoms with Gasteiger partial charge in [0.25, 0.3) is 0 Å². The Morgan fingerprint density at radius 2 is 2.17 bits per heavy atom. The molecule has 0 saturated carbocycles. The molecule has 1 rings (SSSR count). The van der Waals surface area contributed by atoms with Crippen LogP contribution < -0.4 is 0 Å².